The van der Waals surface area contributed by atoms with Gasteiger partial charge in [-0.05, 0) is 44.5 Å². The second-order valence-electron chi connectivity index (χ2n) is 5.83. The predicted molar refractivity (Wildman–Crippen MR) is 90.0 cm³/mol. The normalized spacial score (nSPS) is 18.4. The Hall–Kier alpha value is -1.44. The molecule has 0 radical (unpaired) electrons. The number of aryl methyl sites for hydroxylation is 1. The van der Waals surface area contributed by atoms with E-state index >= 15 is 0 Å². The van der Waals surface area contributed by atoms with Crippen LogP contribution in [-0.2, 0) is 10.0 Å². The molecule has 0 aromatic heterocycles. The van der Waals surface area contributed by atoms with E-state index in [2.05, 4.69) is 10.0 Å². The minimum Gasteiger partial charge on any atom is -0.334 e. The fourth-order valence-corrected chi connectivity index (χ4v) is 4.04. The number of hydrogen-bond acceptors (Lipinski definition) is 4. The Bertz CT molecular complexity index is 673. The standard InChI is InChI=1S/C16H25N3O3S/c1-4-18-23(21,22)14-8-7-12(2)15(10-14)16(20)19-9-5-6-13(19)11-17-3/h7-8,10,13,17-18H,4-6,9,11H2,1-3H3. The summed E-state index contributed by atoms with van der Waals surface area (Å²) in [5.41, 5.74) is 1.26. The molecular formula is C16H25N3O3S. The van der Waals surface area contributed by atoms with Crippen molar-refractivity contribution in [3.63, 3.8) is 0 Å². The highest BCUT2D eigenvalue weighted by Crippen LogP contribution is 2.23. The molecule has 1 aliphatic rings. The minimum absolute atomic E-state index is 0.0891. The predicted octanol–water partition coefficient (Wildman–Crippen LogP) is 1.12. The quantitative estimate of drug-likeness (QED) is 0.814. The largest absolute Gasteiger partial charge is 0.334 e. The zero-order valence-electron chi connectivity index (χ0n) is 13.9. The minimum atomic E-state index is -3.56. The molecule has 0 aliphatic carbocycles. The molecular weight excluding hydrogens is 314 g/mol. The molecule has 6 nitrogen and oxygen atoms in total. The van der Waals surface area contributed by atoms with E-state index in [1.807, 2.05) is 18.9 Å². The van der Waals surface area contributed by atoms with E-state index in [0.717, 1.165) is 31.5 Å². The number of likely N-dealkylation sites (tertiary alicyclic amines) is 1. The molecule has 7 heteroatoms. The molecule has 2 rings (SSSR count). The third kappa shape index (κ3) is 3.91. The summed E-state index contributed by atoms with van der Waals surface area (Å²) in [4.78, 5) is 14.9. The average molecular weight is 339 g/mol. The van der Waals surface area contributed by atoms with Crippen molar-refractivity contribution < 1.29 is 13.2 Å². The maximum Gasteiger partial charge on any atom is 0.254 e. The second-order valence-corrected chi connectivity index (χ2v) is 7.60. The number of nitrogens with one attached hydrogen (secondary N) is 2. The van der Waals surface area contributed by atoms with Gasteiger partial charge in [0, 0.05) is 31.2 Å². The van der Waals surface area contributed by atoms with Crippen LogP contribution in [0.4, 0.5) is 0 Å². The van der Waals surface area contributed by atoms with Crippen LogP contribution in [0.2, 0.25) is 0 Å². The van der Waals surface area contributed by atoms with Crippen molar-refractivity contribution in [2.45, 2.75) is 37.6 Å². The first-order valence-corrected chi connectivity index (χ1v) is 9.45. The first-order chi connectivity index (χ1) is 10.9. The lowest BCUT2D eigenvalue weighted by Gasteiger charge is -2.25. The highest BCUT2D eigenvalue weighted by Gasteiger charge is 2.30. The molecule has 1 fully saturated rings. The number of amides is 1. The van der Waals surface area contributed by atoms with Gasteiger partial charge in [0.25, 0.3) is 5.91 Å². The first-order valence-electron chi connectivity index (χ1n) is 7.96. The number of carbonyl (C=O) groups is 1. The van der Waals surface area contributed by atoms with Gasteiger partial charge in [0.15, 0.2) is 0 Å². The van der Waals surface area contributed by atoms with E-state index in [0.29, 0.717) is 12.1 Å². The van der Waals surface area contributed by atoms with Crippen LogP contribution < -0.4 is 10.0 Å². The molecule has 128 valence electrons. The summed E-state index contributed by atoms with van der Waals surface area (Å²) in [6.45, 7) is 5.34. The molecule has 0 bridgehead atoms. The Kier molecular flexibility index (Phi) is 5.78. The van der Waals surface area contributed by atoms with Gasteiger partial charge in [-0.2, -0.15) is 0 Å². The Labute approximate surface area is 138 Å². The third-order valence-corrected chi connectivity index (χ3v) is 5.71. The number of hydrogen-bond donors (Lipinski definition) is 2. The fourth-order valence-electron chi connectivity index (χ4n) is 2.98. The second kappa shape index (κ2) is 7.42. The van der Waals surface area contributed by atoms with Crippen molar-refractivity contribution >= 4 is 15.9 Å². The number of sulfonamides is 1. The summed E-state index contributed by atoms with van der Waals surface area (Å²) in [6, 6.07) is 4.89. The van der Waals surface area contributed by atoms with Crippen LogP contribution >= 0.6 is 0 Å². The Morgan fingerprint density at radius 2 is 2.13 bits per heavy atom. The maximum absolute atomic E-state index is 12.9. The molecule has 1 atom stereocenters. The molecule has 1 aromatic carbocycles. The van der Waals surface area contributed by atoms with Gasteiger partial charge < -0.3 is 10.2 Å². The van der Waals surface area contributed by atoms with E-state index in [-0.39, 0.29) is 16.8 Å². The molecule has 1 heterocycles. The van der Waals surface area contributed by atoms with Crippen LogP contribution in [0.1, 0.15) is 35.7 Å². The van der Waals surface area contributed by atoms with Gasteiger partial charge in [0.05, 0.1) is 4.90 Å². The highest BCUT2D eigenvalue weighted by atomic mass is 32.2. The highest BCUT2D eigenvalue weighted by molar-refractivity contribution is 7.89. The van der Waals surface area contributed by atoms with Gasteiger partial charge in [0.1, 0.15) is 0 Å². The lowest BCUT2D eigenvalue weighted by Crippen LogP contribution is -2.41. The molecule has 1 aromatic rings. The van der Waals surface area contributed by atoms with Gasteiger partial charge in [-0.15, -0.1) is 0 Å². The summed E-state index contributed by atoms with van der Waals surface area (Å²) < 4.78 is 26.8. The van der Waals surface area contributed by atoms with Gasteiger partial charge in [0.2, 0.25) is 10.0 Å². The van der Waals surface area contributed by atoms with Crippen LogP contribution in [0.5, 0.6) is 0 Å². The van der Waals surface area contributed by atoms with Crippen molar-refractivity contribution in [3.8, 4) is 0 Å². The SMILES string of the molecule is CCNS(=O)(=O)c1ccc(C)c(C(=O)N2CCCC2CNC)c1. The Morgan fingerprint density at radius 1 is 1.39 bits per heavy atom. The molecule has 1 saturated heterocycles. The summed E-state index contributed by atoms with van der Waals surface area (Å²) >= 11 is 0. The van der Waals surface area contributed by atoms with Gasteiger partial charge in [-0.1, -0.05) is 13.0 Å². The Balaban J connectivity index is 2.33. The molecule has 1 amide bonds. The zero-order chi connectivity index (χ0) is 17.0. The lowest BCUT2D eigenvalue weighted by atomic mass is 10.1. The fraction of sp³-hybridized carbons (Fsp3) is 0.562. The van der Waals surface area contributed by atoms with Crippen molar-refractivity contribution in [2.75, 3.05) is 26.7 Å². The zero-order valence-corrected chi connectivity index (χ0v) is 14.7. The van der Waals surface area contributed by atoms with Crippen molar-refractivity contribution in [2.24, 2.45) is 0 Å². The van der Waals surface area contributed by atoms with Crippen LogP contribution in [0.15, 0.2) is 23.1 Å². The van der Waals surface area contributed by atoms with Crippen molar-refractivity contribution in [3.05, 3.63) is 29.3 Å². The molecule has 0 saturated carbocycles. The summed E-state index contributed by atoms with van der Waals surface area (Å²) in [5.74, 6) is -0.0891. The number of benzene rings is 1. The maximum atomic E-state index is 12.9. The topological polar surface area (TPSA) is 78.5 Å². The van der Waals surface area contributed by atoms with Crippen LogP contribution in [-0.4, -0.2) is 51.9 Å². The molecule has 2 N–H and O–H groups in total. The molecule has 0 spiro atoms. The van der Waals surface area contributed by atoms with E-state index in [1.54, 1.807) is 19.1 Å². The van der Waals surface area contributed by atoms with E-state index < -0.39 is 10.0 Å². The molecule has 1 aliphatic heterocycles. The van der Waals surface area contributed by atoms with Crippen LogP contribution in [0.3, 0.4) is 0 Å². The summed E-state index contributed by atoms with van der Waals surface area (Å²) in [6.07, 6.45) is 1.95. The van der Waals surface area contributed by atoms with E-state index in [1.165, 1.54) is 6.07 Å². The van der Waals surface area contributed by atoms with Gasteiger partial charge in [-0.25, -0.2) is 13.1 Å². The van der Waals surface area contributed by atoms with E-state index in [9.17, 15) is 13.2 Å². The van der Waals surface area contributed by atoms with Crippen LogP contribution in [0, 0.1) is 6.92 Å². The smallest absolute Gasteiger partial charge is 0.254 e. The van der Waals surface area contributed by atoms with E-state index in [4.69, 9.17) is 0 Å². The molecule has 23 heavy (non-hydrogen) atoms. The monoisotopic (exact) mass is 339 g/mol. The Morgan fingerprint density at radius 3 is 2.78 bits per heavy atom. The van der Waals surface area contributed by atoms with Gasteiger partial charge >= 0.3 is 0 Å². The molecule has 1 unspecified atom stereocenters. The van der Waals surface area contributed by atoms with Crippen molar-refractivity contribution in [1.82, 2.24) is 14.9 Å². The average Bonchev–Trinajstić information content (AvgIpc) is 2.95. The number of carbonyl (C=O) groups excluding carboxylic acids is 1. The van der Waals surface area contributed by atoms with Crippen LogP contribution in [0.25, 0.3) is 0 Å². The van der Waals surface area contributed by atoms with Gasteiger partial charge in [-0.3, -0.25) is 4.79 Å². The lowest BCUT2D eigenvalue weighted by molar-refractivity contribution is 0.0736. The number of likely N-dealkylation sites (N-methyl/N-ethyl adjacent to an activating group) is 1. The third-order valence-electron chi connectivity index (χ3n) is 4.16. The first kappa shape index (κ1) is 17.9. The van der Waals surface area contributed by atoms with Crippen molar-refractivity contribution in [1.29, 1.82) is 0 Å². The number of rotatable bonds is 6. The summed E-state index contributed by atoms with van der Waals surface area (Å²) in [5, 5.41) is 3.11. The number of nitrogens with zero attached hydrogens (tertiary/aromatic N) is 1. The summed E-state index contributed by atoms with van der Waals surface area (Å²) in [7, 11) is -1.69.